The normalized spacial score (nSPS) is 10.2. The van der Waals surface area contributed by atoms with Gasteiger partial charge in [-0.15, -0.1) is 11.3 Å². The van der Waals surface area contributed by atoms with Crippen molar-refractivity contribution in [1.82, 2.24) is 4.90 Å². The van der Waals surface area contributed by atoms with Crippen LogP contribution in [0.15, 0.2) is 34.1 Å². The van der Waals surface area contributed by atoms with E-state index >= 15 is 0 Å². The van der Waals surface area contributed by atoms with Gasteiger partial charge in [0.1, 0.15) is 0 Å². The Hall–Kier alpha value is -2.19. The van der Waals surface area contributed by atoms with Crippen LogP contribution in [0.3, 0.4) is 0 Å². The average molecular weight is 424 g/mol. The number of hydrogen-bond acceptors (Lipinski definition) is 4. The first-order chi connectivity index (χ1) is 11.8. The van der Waals surface area contributed by atoms with Crippen molar-refractivity contribution in [2.75, 3.05) is 24.2 Å². The molecule has 0 atom stereocenters. The fourth-order valence-corrected chi connectivity index (χ4v) is 3.54. The van der Waals surface area contributed by atoms with Crippen molar-refractivity contribution in [3.8, 4) is 0 Å². The van der Waals surface area contributed by atoms with E-state index in [1.165, 1.54) is 23.2 Å². The SMILES string of the molecule is CC(=O)Nc1ccc(C)cc1NC(=O)CN(C)C(=O)c1ccc(Br)s1. The minimum absolute atomic E-state index is 0.0954. The van der Waals surface area contributed by atoms with Crippen LogP contribution in [0.4, 0.5) is 11.4 Å². The van der Waals surface area contributed by atoms with E-state index in [-0.39, 0.29) is 24.3 Å². The number of rotatable bonds is 5. The lowest BCUT2D eigenvalue weighted by Crippen LogP contribution is -2.34. The molecule has 0 radical (unpaired) electrons. The number of carbonyl (C=O) groups excluding carboxylic acids is 3. The summed E-state index contributed by atoms with van der Waals surface area (Å²) in [6.45, 7) is 3.19. The van der Waals surface area contributed by atoms with Crippen molar-refractivity contribution in [3.05, 3.63) is 44.6 Å². The Kier molecular flexibility index (Phi) is 6.33. The predicted molar refractivity (Wildman–Crippen MR) is 103 cm³/mol. The molecule has 0 saturated carbocycles. The highest BCUT2D eigenvalue weighted by atomic mass is 79.9. The average Bonchev–Trinajstić information content (AvgIpc) is 2.95. The summed E-state index contributed by atoms with van der Waals surface area (Å²) in [5, 5.41) is 5.42. The van der Waals surface area contributed by atoms with Gasteiger partial charge in [-0.05, 0) is 52.7 Å². The third kappa shape index (κ3) is 5.40. The van der Waals surface area contributed by atoms with Gasteiger partial charge in [0.05, 0.1) is 26.6 Å². The van der Waals surface area contributed by atoms with E-state index in [0.717, 1.165) is 9.35 Å². The minimum Gasteiger partial charge on any atom is -0.332 e. The first kappa shape index (κ1) is 19.1. The fraction of sp³-hybridized carbons (Fsp3) is 0.235. The Morgan fingerprint density at radius 1 is 1.12 bits per heavy atom. The fourth-order valence-electron chi connectivity index (χ4n) is 2.15. The number of anilines is 2. The van der Waals surface area contributed by atoms with Crippen LogP contribution in [0.1, 0.15) is 22.2 Å². The van der Waals surface area contributed by atoms with Gasteiger partial charge in [-0.3, -0.25) is 14.4 Å². The lowest BCUT2D eigenvalue weighted by atomic mass is 10.2. The van der Waals surface area contributed by atoms with Crippen LogP contribution in [-0.2, 0) is 9.59 Å². The van der Waals surface area contributed by atoms with Gasteiger partial charge >= 0.3 is 0 Å². The number of benzene rings is 1. The number of likely N-dealkylation sites (N-methyl/N-ethyl adjacent to an activating group) is 1. The number of hydrogen-bond donors (Lipinski definition) is 2. The Labute approximate surface area is 158 Å². The molecule has 0 fully saturated rings. The van der Waals surface area contributed by atoms with Gasteiger partial charge in [-0.25, -0.2) is 0 Å². The maximum atomic E-state index is 12.3. The molecule has 8 heteroatoms. The van der Waals surface area contributed by atoms with Crippen molar-refractivity contribution in [2.24, 2.45) is 0 Å². The van der Waals surface area contributed by atoms with Crippen LogP contribution in [0.5, 0.6) is 0 Å². The standard InChI is InChI=1S/C17H18BrN3O3S/c1-10-4-5-12(19-11(2)22)13(8-10)20-16(23)9-21(3)17(24)14-6-7-15(18)25-14/h4-8H,9H2,1-3H3,(H,19,22)(H,20,23). The van der Waals surface area contributed by atoms with Crippen molar-refractivity contribution in [3.63, 3.8) is 0 Å². The summed E-state index contributed by atoms with van der Waals surface area (Å²) in [5.74, 6) is -0.796. The number of nitrogens with one attached hydrogen (secondary N) is 2. The molecule has 1 aromatic heterocycles. The highest BCUT2D eigenvalue weighted by Crippen LogP contribution is 2.24. The van der Waals surface area contributed by atoms with Crippen LogP contribution in [0, 0.1) is 6.92 Å². The van der Waals surface area contributed by atoms with E-state index < -0.39 is 0 Å². The summed E-state index contributed by atoms with van der Waals surface area (Å²) in [4.78, 5) is 37.8. The molecule has 0 aliphatic heterocycles. The molecule has 1 aromatic carbocycles. The summed E-state index contributed by atoms with van der Waals surface area (Å²) in [5.41, 5.74) is 1.96. The zero-order valence-corrected chi connectivity index (χ0v) is 16.5. The zero-order chi connectivity index (χ0) is 18.6. The van der Waals surface area contributed by atoms with Gasteiger partial charge in [-0.1, -0.05) is 6.07 Å². The summed E-state index contributed by atoms with van der Waals surface area (Å²) in [6.07, 6.45) is 0. The number of halogens is 1. The first-order valence-corrected chi connectivity index (χ1v) is 9.06. The number of nitrogens with zero attached hydrogens (tertiary/aromatic N) is 1. The number of aryl methyl sites for hydroxylation is 1. The van der Waals surface area contributed by atoms with Gasteiger partial charge in [-0.2, -0.15) is 0 Å². The van der Waals surface area contributed by atoms with Crippen LogP contribution in [0.25, 0.3) is 0 Å². The number of thiophene rings is 1. The maximum absolute atomic E-state index is 12.3. The van der Waals surface area contributed by atoms with E-state index in [9.17, 15) is 14.4 Å². The third-order valence-corrected chi connectivity index (χ3v) is 4.88. The van der Waals surface area contributed by atoms with Crippen LogP contribution < -0.4 is 10.6 Å². The molecule has 0 spiro atoms. The van der Waals surface area contributed by atoms with E-state index in [0.29, 0.717) is 16.3 Å². The van der Waals surface area contributed by atoms with Crippen molar-refractivity contribution >= 4 is 56.4 Å². The summed E-state index contributed by atoms with van der Waals surface area (Å²) in [7, 11) is 1.57. The number of carbonyl (C=O) groups is 3. The van der Waals surface area contributed by atoms with Crippen LogP contribution in [-0.4, -0.2) is 36.2 Å². The summed E-state index contributed by atoms with van der Waals surface area (Å²) in [6, 6.07) is 8.83. The van der Waals surface area contributed by atoms with Gasteiger partial charge in [0.25, 0.3) is 5.91 Å². The molecule has 2 rings (SSSR count). The quantitative estimate of drug-likeness (QED) is 0.772. The molecule has 0 saturated heterocycles. The van der Waals surface area contributed by atoms with Crippen LogP contribution in [0.2, 0.25) is 0 Å². The molecule has 25 heavy (non-hydrogen) atoms. The van der Waals surface area contributed by atoms with E-state index in [1.54, 1.807) is 31.3 Å². The van der Waals surface area contributed by atoms with Gasteiger partial charge < -0.3 is 15.5 Å². The third-order valence-electron chi connectivity index (χ3n) is 3.27. The largest absolute Gasteiger partial charge is 0.332 e. The molecule has 0 unspecified atom stereocenters. The second kappa shape index (κ2) is 8.26. The number of amides is 3. The minimum atomic E-state index is -0.344. The Morgan fingerprint density at radius 2 is 1.84 bits per heavy atom. The van der Waals surface area contributed by atoms with Crippen molar-refractivity contribution < 1.29 is 14.4 Å². The molecular weight excluding hydrogens is 406 g/mol. The Balaban J connectivity index is 2.05. The first-order valence-electron chi connectivity index (χ1n) is 7.45. The monoisotopic (exact) mass is 423 g/mol. The van der Waals surface area contributed by atoms with E-state index in [2.05, 4.69) is 26.6 Å². The lowest BCUT2D eigenvalue weighted by Gasteiger charge is -2.17. The molecule has 0 aliphatic carbocycles. The maximum Gasteiger partial charge on any atom is 0.264 e. The van der Waals surface area contributed by atoms with Gasteiger partial charge in [0.15, 0.2) is 0 Å². The highest BCUT2D eigenvalue weighted by molar-refractivity contribution is 9.11. The summed E-state index contributed by atoms with van der Waals surface area (Å²) < 4.78 is 0.855. The molecule has 2 aromatic rings. The second-order valence-corrected chi connectivity index (χ2v) is 8.01. The topological polar surface area (TPSA) is 78.5 Å². The molecule has 3 amide bonds. The molecule has 6 nitrogen and oxygen atoms in total. The Morgan fingerprint density at radius 3 is 2.44 bits per heavy atom. The smallest absolute Gasteiger partial charge is 0.264 e. The van der Waals surface area contributed by atoms with Gasteiger partial charge in [0.2, 0.25) is 11.8 Å². The zero-order valence-electron chi connectivity index (χ0n) is 14.1. The molecule has 0 aliphatic rings. The molecular formula is C17H18BrN3O3S. The van der Waals surface area contributed by atoms with Crippen molar-refractivity contribution in [1.29, 1.82) is 0 Å². The molecule has 132 valence electrons. The van der Waals surface area contributed by atoms with E-state index in [4.69, 9.17) is 0 Å². The second-order valence-electron chi connectivity index (χ2n) is 5.54. The predicted octanol–water partition coefficient (Wildman–Crippen LogP) is 3.49. The molecule has 0 bridgehead atoms. The lowest BCUT2D eigenvalue weighted by molar-refractivity contribution is -0.117. The summed E-state index contributed by atoms with van der Waals surface area (Å²) >= 11 is 4.63. The highest BCUT2D eigenvalue weighted by Gasteiger charge is 2.17. The molecule has 1 heterocycles. The van der Waals surface area contributed by atoms with E-state index in [1.807, 2.05) is 13.0 Å². The molecule has 2 N–H and O–H groups in total. The van der Waals surface area contributed by atoms with Gasteiger partial charge in [0, 0.05) is 14.0 Å². The van der Waals surface area contributed by atoms with Crippen molar-refractivity contribution in [2.45, 2.75) is 13.8 Å². The van der Waals surface area contributed by atoms with Crippen LogP contribution >= 0.6 is 27.3 Å². The Bertz CT molecular complexity index is 819.